The summed E-state index contributed by atoms with van der Waals surface area (Å²) in [6.45, 7) is 6.26. The molecule has 0 aliphatic heterocycles. The number of carbonyl (C=O) groups is 3. The lowest BCUT2D eigenvalue weighted by Gasteiger charge is -2.18. The van der Waals surface area contributed by atoms with Gasteiger partial charge in [-0.05, 0) is 135 Å². The first-order chi connectivity index (χ1) is 35.0. The Balaban J connectivity index is 4.63. The third-order valence-corrected chi connectivity index (χ3v) is 11.0. The maximum absolute atomic E-state index is 12.8. The summed E-state index contributed by atoms with van der Waals surface area (Å²) in [7, 11) is 0. The van der Waals surface area contributed by atoms with Gasteiger partial charge in [-0.3, -0.25) is 14.4 Å². The molecule has 0 saturated heterocycles. The fourth-order valence-electron chi connectivity index (χ4n) is 6.88. The topological polar surface area (TPSA) is 78.9 Å². The van der Waals surface area contributed by atoms with Crippen LogP contribution in [0, 0.1) is 0 Å². The Bertz CT molecular complexity index is 1640. The molecule has 0 aromatic heterocycles. The minimum absolute atomic E-state index is 0.130. The largest absolute Gasteiger partial charge is 0.462 e. The molecule has 71 heavy (non-hydrogen) atoms. The fourth-order valence-corrected chi connectivity index (χ4v) is 6.88. The maximum Gasteiger partial charge on any atom is 0.306 e. The van der Waals surface area contributed by atoms with Crippen LogP contribution in [0.2, 0.25) is 0 Å². The van der Waals surface area contributed by atoms with Crippen molar-refractivity contribution in [2.75, 3.05) is 13.2 Å². The molecule has 0 aliphatic carbocycles. The summed E-state index contributed by atoms with van der Waals surface area (Å²) in [5.41, 5.74) is 0. The molecule has 0 N–H and O–H groups in total. The van der Waals surface area contributed by atoms with E-state index in [0.29, 0.717) is 19.3 Å². The van der Waals surface area contributed by atoms with E-state index in [4.69, 9.17) is 14.2 Å². The molecular weight excluding hydrogens is 877 g/mol. The highest BCUT2D eigenvalue weighted by atomic mass is 16.6. The molecule has 6 nitrogen and oxygen atoms in total. The first kappa shape index (κ1) is 66.0. The van der Waals surface area contributed by atoms with E-state index in [2.05, 4.69) is 167 Å². The molecule has 0 saturated carbocycles. The molecule has 0 aromatic carbocycles. The number of rotatable bonds is 48. The first-order valence-electron chi connectivity index (χ1n) is 28.0. The summed E-state index contributed by atoms with van der Waals surface area (Å²) in [5.74, 6) is -1.07. The van der Waals surface area contributed by atoms with Crippen molar-refractivity contribution in [2.24, 2.45) is 0 Å². The van der Waals surface area contributed by atoms with Crippen molar-refractivity contribution in [3.8, 4) is 0 Å². The average Bonchev–Trinajstić information content (AvgIpc) is 3.37. The predicted octanol–water partition coefficient (Wildman–Crippen LogP) is 19.0. The third kappa shape index (κ3) is 55.8. The Morgan fingerprint density at radius 3 is 0.958 bits per heavy atom. The van der Waals surface area contributed by atoms with Crippen molar-refractivity contribution >= 4 is 17.9 Å². The minimum atomic E-state index is -0.841. The number of hydrogen-bond donors (Lipinski definition) is 0. The van der Waals surface area contributed by atoms with E-state index in [9.17, 15) is 14.4 Å². The van der Waals surface area contributed by atoms with Gasteiger partial charge in [0.05, 0.1) is 0 Å². The summed E-state index contributed by atoms with van der Waals surface area (Å²) in [4.78, 5) is 38.1. The highest BCUT2D eigenvalue weighted by Gasteiger charge is 2.19. The van der Waals surface area contributed by atoms with Gasteiger partial charge in [0.2, 0.25) is 0 Å². The first-order valence-corrected chi connectivity index (χ1v) is 28.0. The summed E-state index contributed by atoms with van der Waals surface area (Å²) >= 11 is 0. The van der Waals surface area contributed by atoms with Crippen LogP contribution < -0.4 is 0 Å². The highest BCUT2D eigenvalue weighted by molar-refractivity contribution is 5.71. The average molecular weight is 978 g/mol. The van der Waals surface area contributed by atoms with E-state index >= 15 is 0 Å². The van der Waals surface area contributed by atoms with Crippen LogP contribution in [0.1, 0.15) is 213 Å². The molecule has 0 bridgehead atoms. The second-order valence-electron chi connectivity index (χ2n) is 17.7. The Hall–Kier alpha value is -4.97. The molecule has 0 spiro atoms. The Labute approximate surface area is 435 Å². The van der Waals surface area contributed by atoms with Crippen LogP contribution in [0.3, 0.4) is 0 Å². The number of hydrogen-bond acceptors (Lipinski definition) is 6. The van der Waals surface area contributed by atoms with Gasteiger partial charge in [0, 0.05) is 19.3 Å². The van der Waals surface area contributed by atoms with Crippen molar-refractivity contribution in [3.05, 3.63) is 158 Å². The maximum atomic E-state index is 12.8. The zero-order valence-corrected chi connectivity index (χ0v) is 45.2. The lowest BCUT2D eigenvalue weighted by molar-refractivity contribution is -0.166. The summed E-state index contributed by atoms with van der Waals surface area (Å²) in [6.07, 6.45) is 83.8. The molecule has 0 unspecified atom stereocenters. The number of carbonyl (C=O) groups excluding carboxylic acids is 3. The van der Waals surface area contributed by atoms with E-state index in [1.165, 1.54) is 25.7 Å². The van der Waals surface area contributed by atoms with Crippen LogP contribution >= 0.6 is 0 Å². The van der Waals surface area contributed by atoms with Gasteiger partial charge in [-0.2, -0.15) is 0 Å². The van der Waals surface area contributed by atoms with Crippen molar-refractivity contribution in [1.82, 2.24) is 0 Å². The van der Waals surface area contributed by atoms with Crippen LogP contribution in [0.4, 0.5) is 0 Å². The lowest BCUT2D eigenvalue weighted by atomic mass is 10.1. The summed E-state index contributed by atoms with van der Waals surface area (Å²) < 4.78 is 16.7. The number of unbranched alkanes of at least 4 members (excludes halogenated alkanes) is 11. The highest BCUT2D eigenvalue weighted by Crippen LogP contribution is 2.12. The van der Waals surface area contributed by atoms with Crippen molar-refractivity contribution in [2.45, 2.75) is 219 Å². The van der Waals surface area contributed by atoms with E-state index in [1.807, 2.05) is 12.2 Å². The van der Waals surface area contributed by atoms with Crippen molar-refractivity contribution in [3.63, 3.8) is 0 Å². The van der Waals surface area contributed by atoms with E-state index < -0.39 is 6.10 Å². The summed E-state index contributed by atoms with van der Waals surface area (Å²) in [5, 5.41) is 0. The zero-order chi connectivity index (χ0) is 51.4. The van der Waals surface area contributed by atoms with Crippen LogP contribution in [0.15, 0.2) is 158 Å². The molecule has 0 heterocycles. The van der Waals surface area contributed by atoms with Gasteiger partial charge in [-0.25, -0.2) is 0 Å². The molecule has 0 fully saturated rings. The quantitative estimate of drug-likeness (QED) is 0.0262. The smallest absolute Gasteiger partial charge is 0.306 e. The summed E-state index contributed by atoms with van der Waals surface area (Å²) in [6, 6.07) is 0. The standard InChI is InChI=1S/C65H100O6/c1-4-7-10-13-16-19-22-25-28-30-32-34-37-40-43-46-49-52-55-58-64(67)70-61-62(60-69-63(66)57-54-51-48-45-42-39-36-27-24-21-18-15-12-9-6-3)71-65(68)59-56-53-50-47-44-41-38-35-33-31-29-26-23-20-17-14-11-8-5-2/h7-8,10-11,16-21,25-29,32-36,40-41,43-44,49,52,62H,4-6,9,12-15,22-24,30-31,37-39,42,45-48,50-51,53-61H2,1-3H3/b10-7-,11-8-,19-16-,20-17-,21-18-,28-25-,29-26-,34-32-,35-33-,36-27-,43-40-,44-41-,52-49-/t62-/m0/s1. The number of ether oxygens (including phenoxy) is 3. The normalized spacial score (nSPS) is 13.3. The predicted molar refractivity (Wildman–Crippen MR) is 306 cm³/mol. The van der Waals surface area contributed by atoms with Gasteiger partial charge in [-0.1, -0.05) is 217 Å². The minimum Gasteiger partial charge on any atom is -0.462 e. The monoisotopic (exact) mass is 977 g/mol. The number of esters is 3. The van der Waals surface area contributed by atoms with E-state index in [1.54, 1.807) is 0 Å². The second kappa shape index (κ2) is 57.6. The van der Waals surface area contributed by atoms with Gasteiger partial charge in [0.1, 0.15) is 13.2 Å². The number of allylic oxidation sites excluding steroid dienone is 26. The molecule has 0 radical (unpaired) electrons. The molecule has 0 rings (SSSR count). The van der Waals surface area contributed by atoms with Gasteiger partial charge in [0.15, 0.2) is 6.10 Å². The van der Waals surface area contributed by atoms with Gasteiger partial charge in [-0.15, -0.1) is 0 Å². The molecule has 6 heteroatoms. The molecular formula is C65H100O6. The molecule has 0 aromatic rings. The molecule has 396 valence electrons. The SMILES string of the molecule is CC/C=C\C/C=C\C/C=C\C/C=C\C/C=C\C/C=C\CCC(=O)OC[C@H](COC(=O)CCCCCCC/C=C\C/C=C\CCCCC)OC(=O)CCCCC/C=C\C/C=C\C/C=C\C/C=C\C/C=C\CC. The van der Waals surface area contributed by atoms with Crippen LogP contribution in [-0.2, 0) is 28.6 Å². The van der Waals surface area contributed by atoms with Crippen molar-refractivity contribution < 1.29 is 28.6 Å². The Morgan fingerprint density at radius 2 is 0.577 bits per heavy atom. The molecule has 0 aliphatic rings. The third-order valence-electron chi connectivity index (χ3n) is 11.0. The van der Waals surface area contributed by atoms with Crippen LogP contribution in [-0.4, -0.2) is 37.2 Å². The van der Waals surface area contributed by atoms with Gasteiger partial charge >= 0.3 is 17.9 Å². The van der Waals surface area contributed by atoms with Crippen LogP contribution in [0.5, 0.6) is 0 Å². The molecule has 0 amide bonds. The van der Waals surface area contributed by atoms with Gasteiger partial charge < -0.3 is 14.2 Å². The van der Waals surface area contributed by atoms with E-state index in [-0.39, 0.29) is 44.0 Å². The van der Waals surface area contributed by atoms with E-state index in [0.717, 1.165) is 135 Å². The van der Waals surface area contributed by atoms with Crippen LogP contribution in [0.25, 0.3) is 0 Å². The molecule has 1 atom stereocenters. The Kier molecular flexibility index (Phi) is 53.6. The fraction of sp³-hybridized carbons (Fsp3) is 0.554. The van der Waals surface area contributed by atoms with Gasteiger partial charge in [0.25, 0.3) is 0 Å². The zero-order valence-electron chi connectivity index (χ0n) is 45.2. The Morgan fingerprint density at radius 1 is 0.296 bits per heavy atom. The van der Waals surface area contributed by atoms with Crippen molar-refractivity contribution in [1.29, 1.82) is 0 Å². The lowest BCUT2D eigenvalue weighted by Crippen LogP contribution is -2.30. The second-order valence-corrected chi connectivity index (χ2v) is 17.7.